The fourth-order valence-electron chi connectivity index (χ4n) is 3.18. The molecule has 0 spiro atoms. The molecule has 0 radical (unpaired) electrons. The third kappa shape index (κ3) is 4.23. The van der Waals surface area contributed by atoms with Crippen LogP contribution in [0.15, 0.2) is 47.1 Å². The molecular weight excluding hydrogens is 340 g/mol. The second-order valence-electron chi connectivity index (χ2n) is 6.37. The number of likely N-dealkylation sites (tertiary alicyclic amines) is 1. The number of furan rings is 1. The summed E-state index contributed by atoms with van der Waals surface area (Å²) in [6.45, 7) is 1.67. The average Bonchev–Trinajstić information content (AvgIpc) is 3.15. The van der Waals surface area contributed by atoms with Gasteiger partial charge in [0.15, 0.2) is 5.76 Å². The first-order valence-corrected chi connectivity index (χ1v) is 8.74. The molecule has 1 aliphatic rings. The van der Waals surface area contributed by atoms with Gasteiger partial charge in [-0.15, -0.1) is 0 Å². The van der Waals surface area contributed by atoms with Crippen molar-refractivity contribution in [3.8, 4) is 0 Å². The Hall–Kier alpha value is -2.27. The molecule has 3 rings (SSSR count). The van der Waals surface area contributed by atoms with Gasteiger partial charge in [-0.05, 0) is 42.7 Å². The van der Waals surface area contributed by atoms with Crippen LogP contribution >= 0.6 is 11.6 Å². The van der Waals surface area contributed by atoms with E-state index in [-0.39, 0.29) is 17.7 Å². The smallest absolute Gasteiger partial charge is 0.289 e. The third-order valence-corrected chi connectivity index (χ3v) is 4.78. The molecule has 1 aromatic carbocycles. The van der Waals surface area contributed by atoms with E-state index < -0.39 is 0 Å². The number of rotatable bonds is 4. The number of piperidine rings is 1. The Balaban J connectivity index is 1.53. The number of carbonyl (C=O) groups excluding carboxylic acids is 2. The van der Waals surface area contributed by atoms with Crippen LogP contribution in [0, 0.1) is 5.92 Å². The Morgan fingerprint density at radius 3 is 2.64 bits per heavy atom. The highest BCUT2D eigenvalue weighted by molar-refractivity contribution is 6.30. The van der Waals surface area contributed by atoms with Crippen LogP contribution in [0.3, 0.4) is 0 Å². The summed E-state index contributed by atoms with van der Waals surface area (Å²) in [7, 11) is 1.81. The lowest BCUT2D eigenvalue weighted by atomic mass is 9.95. The summed E-state index contributed by atoms with van der Waals surface area (Å²) in [5.74, 6) is 0.306. The molecule has 2 aromatic rings. The van der Waals surface area contributed by atoms with Crippen LogP contribution in [0.1, 0.15) is 29.0 Å². The number of halogens is 1. The summed E-state index contributed by atoms with van der Waals surface area (Å²) in [5.41, 5.74) is 1.01. The standard InChI is InChI=1S/C19H21ClN2O3/c1-21(13-14-4-2-5-16(20)12-14)18(23)15-7-9-22(10-8-15)19(24)17-6-3-11-25-17/h2-6,11-12,15H,7-10,13H2,1H3. The highest BCUT2D eigenvalue weighted by Gasteiger charge is 2.30. The van der Waals surface area contributed by atoms with Gasteiger partial charge in [-0.3, -0.25) is 9.59 Å². The first-order valence-electron chi connectivity index (χ1n) is 8.37. The monoisotopic (exact) mass is 360 g/mol. The molecule has 1 aliphatic heterocycles. The Morgan fingerprint density at radius 1 is 1.24 bits per heavy atom. The summed E-state index contributed by atoms with van der Waals surface area (Å²) < 4.78 is 5.16. The maximum atomic E-state index is 12.7. The van der Waals surface area contributed by atoms with E-state index in [1.54, 1.807) is 21.9 Å². The lowest BCUT2D eigenvalue weighted by Crippen LogP contribution is -2.43. The zero-order chi connectivity index (χ0) is 17.8. The van der Waals surface area contributed by atoms with Crippen LogP contribution in [0.5, 0.6) is 0 Å². The van der Waals surface area contributed by atoms with Crippen LogP contribution in [0.2, 0.25) is 5.02 Å². The van der Waals surface area contributed by atoms with E-state index in [2.05, 4.69) is 0 Å². The molecule has 0 atom stereocenters. The molecule has 2 heterocycles. The first-order chi connectivity index (χ1) is 12.0. The fourth-order valence-corrected chi connectivity index (χ4v) is 3.40. The third-order valence-electron chi connectivity index (χ3n) is 4.55. The van der Waals surface area contributed by atoms with E-state index >= 15 is 0 Å². The Bertz CT molecular complexity index is 737. The number of benzene rings is 1. The molecule has 1 saturated heterocycles. The van der Waals surface area contributed by atoms with Crippen molar-refractivity contribution in [1.29, 1.82) is 0 Å². The Morgan fingerprint density at radius 2 is 2.00 bits per heavy atom. The van der Waals surface area contributed by atoms with Gasteiger partial charge in [-0.25, -0.2) is 0 Å². The maximum absolute atomic E-state index is 12.7. The molecule has 1 fully saturated rings. The predicted molar refractivity (Wildman–Crippen MR) is 95.3 cm³/mol. The molecule has 1 aromatic heterocycles. The van der Waals surface area contributed by atoms with E-state index in [9.17, 15) is 9.59 Å². The topological polar surface area (TPSA) is 53.8 Å². The number of carbonyl (C=O) groups is 2. The molecule has 0 aliphatic carbocycles. The average molecular weight is 361 g/mol. The SMILES string of the molecule is CN(Cc1cccc(Cl)c1)C(=O)C1CCN(C(=O)c2ccco2)CC1. The van der Waals surface area contributed by atoms with Gasteiger partial charge < -0.3 is 14.2 Å². The molecule has 2 amide bonds. The zero-order valence-electron chi connectivity index (χ0n) is 14.2. The molecular formula is C19H21ClN2O3. The predicted octanol–water partition coefficient (Wildman–Crippen LogP) is 3.44. The van der Waals surface area contributed by atoms with Crippen molar-refractivity contribution in [2.45, 2.75) is 19.4 Å². The van der Waals surface area contributed by atoms with Gasteiger partial charge in [0.05, 0.1) is 6.26 Å². The maximum Gasteiger partial charge on any atom is 0.289 e. The fraction of sp³-hybridized carbons (Fsp3) is 0.368. The highest BCUT2D eigenvalue weighted by atomic mass is 35.5. The van der Waals surface area contributed by atoms with Crippen molar-refractivity contribution in [2.75, 3.05) is 20.1 Å². The minimum Gasteiger partial charge on any atom is -0.459 e. The van der Waals surface area contributed by atoms with Gasteiger partial charge in [0.2, 0.25) is 5.91 Å². The van der Waals surface area contributed by atoms with Gasteiger partial charge in [0.25, 0.3) is 5.91 Å². The van der Waals surface area contributed by atoms with Gasteiger partial charge in [-0.1, -0.05) is 23.7 Å². The van der Waals surface area contributed by atoms with Crippen molar-refractivity contribution >= 4 is 23.4 Å². The normalized spacial score (nSPS) is 15.2. The van der Waals surface area contributed by atoms with Crippen molar-refractivity contribution in [3.63, 3.8) is 0 Å². The van der Waals surface area contributed by atoms with Crippen LogP contribution in [-0.2, 0) is 11.3 Å². The molecule has 5 nitrogen and oxygen atoms in total. The number of hydrogen-bond donors (Lipinski definition) is 0. The van der Waals surface area contributed by atoms with E-state index in [4.69, 9.17) is 16.0 Å². The Labute approximate surface area is 152 Å². The van der Waals surface area contributed by atoms with Gasteiger partial charge in [0, 0.05) is 37.6 Å². The number of nitrogens with zero attached hydrogens (tertiary/aromatic N) is 2. The summed E-state index contributed by atoms with van der Waals surface area (Å²) in [6, 6.07) is 10.9. The van der Waals surface area contributed by atoms with Crippen molar-refractivity contribution in [3.05, 3.63) is 59.0 Å². The van der Waals surface area contributed by atoms with Gasteiger partial charge in [0.1, 0.15) is 0 Å². The van der Waals surface area contributed by atoms with Crippen molar-refractivity contribution < 1.29 is 14.0 Å². The summed E-state index contributed by atoms with van der Waals surface area (Å²) in [4.78, 5) is 28.4. The minimum atomic E-state index is -0.108. The molecule has 25 heavy (non-hydrogen) atoms. The number of hydrogen-bond acceptors (Lipinski definition) is 3. The van der Waals surface area contributed by atoms with Crippen LogP contribution in [-0.4, -0.2) is 41.8 Å². The second kappa shape index (κ2) is 7.74. The van der Waals surface area contributed by atoms with Crippen LogP contribution in [0.25, 0.3) is 0 Å². The van der Waals surface area contributed by atoms with E-state index in [0.29, 0.717) is 43.3 Å². The first kappa shape index (κ1) is 17.5. The van der Waals surface area contributed by atoms with E-state index in [1.807, 2.05) is 31.3 Å². The summed E-state index contributed by atoms with van der Waals surface area (Å²) in [6.07, 6.45) is 2.84. The Kier molecular flexibility index (Phi) is 5.43. The summed E-state index contributed by atoms with van der Waals surface area (Å²) >= 11 is 6.00. The molecule has 0 saturated carbocycles. The van der Waals surface area contributed by atoms with Crippen molar-refractivity contribution in [1.82, 2.24) is 9.80 Å². The van der Waals surface area contributed by atoms with Crippen LogP contribution < -0.4 is 0 Å². The minimum absolute atomic E-state index is 0.0511. The number of amides is 2. The quantitative estimate of drug-likeness (QED) is 0.839. The van der Waals surface area contributed by atoms with E-state index in [0.717, 1.165) is 5.56 Å². The molecule has 0 N–H and O–H groups in total. The highest BCUT2D eigenvalue weighted by Crippen LogP contribution is 2.22. The lowest BCUT2D eigenvalue weighted by Gasteiger charge is -2.32. The molecule has 0 bridgehead atoms. The van der Waals surface area contributed by atoms with Crippen LogP contribution in [0.4, 0.5) is 0 Å². The molecule has 132 valence electrons. The largest absolute Gasteiger partial charge is 0.459 e. The molecule has 0 unspecified atom stereocenters. The van der Waals surface area contributed by atoms with Crippen molar-refractivity contribution in [2.24, 2.45) is 5.92 Å². The summed E-state index contributed by atoms with van der Waals surface area (Å²) in [5, 5.41) is 0.670. The lowest BCUT2D eigenvalue weighted by molar-refractivity contribution is -0.136. The molecule has 6 heteroatoms. The second-order valence-corrected chi connectivity index (χ2v) is 6.80. The van der Waals surface area contributed by atoms with E-state index in [1.165, 1.54) is 6.26 Å². The van der Waals surface area contributed by atoms with Gasteiger partial charge in [-0.2, -0.15) is 0 Å². The van der Waals surface area contributed by atoms with Gasteiger partial charge >= 0.3 is 0 Å². The zero-order valence-corrected chi connectivity index (χ0v) is 14.9.